The summed E-state index contributed by atoms with van der Waals surface area (Å²) in [7, 11) is 0. The van der Waals surface area contributed by atoms with E-state index >= 15 is 0 Å². The average Bonchev–Trinajstić information content (AvgIpc) is 2.73. The second-order valence-corrected chi connectivity index (χ2v) is 8.23. The highest BCUT2D eigenvalue weighted by Gasteiger charge is 2.33. The van der Waals surface area contributed by atoms with Crippen LogP contribution in [0.1, 0.15) is 45.1 Å². The summed E-state index contributed by atoms with van der Waals surface area (Å²) in [5.41, 5.74) is 2.44. The third-order valence-electron chi connectivity index (χ3n) is 6.46. The van der Waals surface area contributed by atoms with E-state index in [-0.39, 0.29) is 17.2 Å². The molecule has 2 aliphatic rings. The van der Waals surface area contributed by atoms with Crippen molar-refractivity contribution in [1.29, 1.82) is 0 Å². The smallest absolute Gasteiger partial charge is 0.279 e. The van der Waals surface area contributed by atoms with Gasteiger partial charge in [-0.3, -0.25) is 9.59 Å². The maximum atomic E-state index is 13.7. The number of hydrogen-bond acceptors (Lipinski definition) is 4. The van der Waals surface area contributed by atoms with Crippen molar-refractivity contribution < 1.29 is 0 Å². The van der Waals surface area contributed by atoms with Gasteiger partial charge >= 0.3 is 0 Å². The molecule has 4 heterocycles. The van der Waals surface area contributed by atoms with Crippen molar-refractivity contribution in [3.8, 4) is 11.4 Å². The Morgan fingerprint density at radius 2 is 1.79 bits per heavy atom. The molecule has 1 aromatic carbocycles. The van der Waals surface area contributed by atoms with Crippen LogP contribution in [0.4, 0.5) is 0 Å². The van der Waals surface area contributed by atoms with Gasteiger partial charge in [-0.15, -0.1) is 0 Å². The zero-order chi connectivity index (χ0) is 20.0. The van der Waals surface area contributed by atoms with Gasteiger partial charge in [0.1, 0.15) is 0 Å². The molecule has 2 aliphatic heterocycles. The number of benzene rings is 1. The first-order valence-corrected chi connectivity index (χ1v) is 10.6. The first-order chi connectivity index (χ1) is 14.2. The van der Waals surface area contributed by atoms with Crippen molar-refractivity contribution >= 4 is 11.0 Å². The monoisotopic (exact) mass is 390 g/mol. The molecule has 0 amide bonds. The van der Waals surface area contributed by atoms with E-state index in [2.05, 4.69) is 5.32 Å². The number of nitrogens with zero attached hydrogens (tertiary/aromatic N) is 3. The minimum Gasteiger partial charge on any atom is -0.311 e. The van der Waals surface area contributed by atoms with Crippen LogP contribution in [-0.2, 0) is 6.54 Å². The second-order valence-electron chi connectivity index (χ2n) is 8.23. The van der Waals surface area contributed by atoms with E-state index < -0.39 is 0 Å². The van der Waals surface area contributed by atoms with Gasteiger partial charge in [-0.25, -0.2) is 4.98 Å². The highest BCUT2D eigenvalue weighted by Crippen LogP contribution is 2.34. The van der Waals surface area contributed by atoms with Crippen LogP contribution in [0.25, 0.3) is 22.4 Å². The summed E-state index contributed by atoms with van der Waals surface area (Å²) in [5.74, 6) is 0. The van der Waals surface area contributed by atoms with Gasteiger partial charge in [0.2, 0.25) is 0 Å². The van der Waals surface area contributed by atoms with Crippen LogP contribution in [-0.4, -0.2) is 26.2 Å². The first kappa shape index (κ1) is 18.3. The Balaban J connectivity index is 1.74. The normalized spacial score (nSPS) is 24.0. The minimum absolute atomic E-state index is 0.0959. The SMILES string of the molecule is CCn1c(-c2nc3ccccc3n(C3CC4CCCC(C3)N4)c2=O)cccc1=O. The zero-order valence-electron chi connectivity index (χ0n) is 16.7. The van der Waals surface area contributed by atoms with Crippen molar-refractivity contribution in [2.75, 3.05) is 0 Å². The van der Waals surface area contributed by atoms with Crippen LogP contribution in [0.15, 0.2) is 52.1 Å². The van der Waals surface area contributed by atoms with Crippen LogP contribution in [0.3, 0.4) is 0 Å². The number of piperidine rings is 2. The number of rotatable bonds is 3. The highest BCUT2D eigenvalue weighted by atomic mass is 16.1. The summed E-state index contributed by atoms with van der Waals surface area (Å²) in [4.78, 5) is 30.8. The molecular formula is C23H26N4O2. The molecule has 5 rings (SSSR count). The maximum absolute atomic E-state index is 13.7. The second kappa shape index (κ2) is 7.26. The predicted molar refractivity (Wildman–Crippen MR) is 114 cm³/mol. The van der Waals surface area contributed by atoms with Crippen LogP contribution in [0.2, 0.25) is 0 Å². The molecule has 2 bridgehead atoms. The van der Waals surface area contributed by atoms with E-state index in [9.17, 15) is 9.59 Å². The first-order valence-electron chi connectivity index (χ1n) is 10.6. The molecule has 150 valence electrons. The van der Waals surface area contributed by atoms with Crippen molar-refractivity contribution in [3.63, 3.8) is 0 Å². The van der Waals surface area contributed by atoms with Crippen molar-refractivity contribution in [2.45, 2.75) is 63.7 Å². The molecule has 1 N–H and O–H groups in total. The maximum Gasteiger partial charge on any atom is 0.279 e. The van der Waals surface area contributed by atoms with Gasteiger partial charge in [-0.2, -0.15) is 0 Å². The fraction of sp³-hybridized carbons (Fsp3) is 0.435. The van der Waals surface area contributed by atoms with Crippen LogP contribution >= 0.6 is 0 Å². The molecule has 2 aromatic heterocycles. The van der Waals surface area contributed by atoms with Crippen molar-refractivity contribution in [1.82, 2.24) is 19.4 Å². The Morgan fingerprint density at radius 3 is 2.55 bits per heavy atom. The van der Waals surface area contributed by atoms with E-state index in [1.165, 1.54) is 25.3 Å². The largest absolute Gasteiger partial charge is 0.311 e. The van der Waals surface area contributed by atoms with Crippen LogP contribution < -0.4 is 16.4 Å². The fourth-order valence-electron chi connectivity index (χ4n) is 5.18. The van der Waals surface area contributed by atoms with Crippen LogP contribution in [0.5, 0.6) is 0 Å². The molecule has 6 nitrogen and oxygen atoms in total. The molecule has 6 heteroatoms. The zero-order valence-corrected chi connectivity index (χ0v) is 16.7. The third-order valence-corrected chi connectivity index (χ3v) is 6.46. The lowest BCUT2D eigenvalue weighted by molar-refractivity contribution is 0.189. The number of fused-ring (bicyclic) bond motifs is 3. The van der Waals surface area contributed by atoms with Gasteiger partial charge in [0.15, 0.2) is 5.69 Å². The Bertz CT molecular complexity index is 1170. The predicted octanol–water partition coefficient (Wildman–Crippen LogP) is 3.09. The van der Waals surface area contributed by atoms with E-state index in [0.717, 1.165) is 23.9 Å². The number of pyridine rings is 1. The number of para-hydroxylation sites is 2. The molecule has 0 aliphatic carbocycles. The fourth-order valence-corrected chi connectivity index (χ4v) is 5.18. The van der Waals surface area contributed by atoms with Gasteiger partial charge in [0.05, 0.1) is 16.7 Å². The number of aromatic nitrogens is 3. The number of hydrogen-bond donors (Lipinski definition) is 1. The summed E-state index contributed by atoms with van der Waals surface area (Å²) < 4.78 is 3.58. The molecule has 0 saturated carbocycles. The lowest BCUT2D eigenvalue weighted by Crippen LogP contribution is -2.50. The highest BCUT2D eigenvalue weighted by molar-refractivity contribution is 5.77. The Kier molecular flexibility index (Phi) is 4.59. The summed E-state index contributed by atoms with van der Waals surface area (Å²) >= 11 is 0. The molecule has 2 fully saturated rings. The topological polar surface area (TPSA) is 68.9 Å². The Morgan fingerprint density at radius 1 is 1.03 bits per heavy atom. The quantitative estimate of drug-likeness (QED) is 0.746. The minimum atomic E-state index is -0.109. The lowest BCUT2D eigenvalue weighted by Gasteiger charge is -2.41. The standard InChI is InChI=1S/C23H26N4O2/c1-2-26-20(11-6-12-21(26)28)22-23(29)27(19-10-4-3-9-18(19)25-22)17-13-15-7-5-8-16(14-17)24-15/h3-4,6,9-12,15-17,24H,2,5,7-8,13-14H2,1H3. The molecule has 0 spiro atoms. The Labute approximate surface area is 169 Å². The molecule has 29 heavy (non-hydrogen) atoms. The van der Waals surface area contributed by atoms with Gasteiger partial charge < -0.3 is 14.5 Å². The molecular weight excluding hydrogens is 364 g/mol. The summed E-state index contributed by atoms with van der Waals surface area (Å²) in [6.07, 6.45) is 5.52. The third kappa shape index (κ3) is 3.12. The van der Waals surface area contributed by atoms with E-state index in [4.69, 9.17) is 4.98 Å². The van der Waals surface area contributed by atoms with Crippen LogP contribution in [0, 0.1) is 0 Å². The molecule has 2 saturated heterocycles. The van der Waals surface area contributed by atoms with E-state index in [1.807, 2.05) is 41.8 Å². The van der Waals surface area contributed by atoms with Gasteiger partial charge in [0, 0.05) is 30.7 Å². The summed E-state index contributed by atoms with van der Waals surface area (Å²) in [6.45, 7) is 2.42. The van der Waals surface area contributed by atoms with Gasteiger partial charge in [0.25, 0.3) is 11.1 Å². The van der Waals surface area contributed by atoms with E-state index in [1.54, 1.807) is 10.6 Å². The molecule has 0 radical (unpaired) electrons. The Hall–Kier alpha value is -2.73. The van der Waals surface area contributed by atoms with Gasteiger partial charge in [-0.05, 0) is 50.8 Å². The molecule has 2 atom stereocenters. The molecule has 3 aromatic rings. The number of nitrogens with one attached hydrogen (secondary N) is 1. The van der Waals surface area contributed by atoms with Crippen molar-refractivity contribution in [2.24, 2.45) is 0 Å². The lowest BCUT2D eigenvalue weighted by atomic mass is 9.84. The van der Waals surface area contributed by atoms with Crippen molar-refractivity contribution in [3.05, 3.63) is 63.2 Å². The molecule has 2 unspecified atom stereocenters. The summed E-state index contributed by atoms with van der Waals surface area (Å²) in [6, 6.07) is 14.0. The average molecular weight is 390 g/mol. The van der Waals surface area contributed by atoms with E-state index in [0.29, 0.717) is 30.0 Å². The summed E-state index contributed by atoms with van der Waals surface area (Å²) in [5, 5.41) is 3.72. The van der Waals surface area contributed by atoms with Gasteiger partial charge in [-0.1, -0.05) is 24.6 Å².